The fraction of sp³-hybridized carbons (Fsp3) is 0.500. The number of ether oxygens (including phenoxy) is 1. The van der Waals surface area contributed by atoms with E-state index in [-0.39, 0.29) is 35.8 Å². The van der Waals surface area contributed by atoms with E-state index in [0.717, 1.165) is 30.2 Å². The molecule has 0 amide bonds. The maximum Gasteiger partial charge on any atom is 0.191 e. The van der Waals surface area contributed by atoms with Crippen LogP contribution >= 0.6 is 24.0 Å². The van der Waals surface area contributed by atoms with E-state index in [1.165, 1.54) is 18.4 Å². The molecule has 0 saturated heterocycles. The molecule has 2 aromatic rings. The van der Waals surface area contributed by atoms with Gasteiger partial charge in [0.2, 0.25) is 0 Å². The smallest absolute Gasteiger partial charge is 0.191 e. The molecule has 0 aliphatic carbocycles. The van der Waals surface area contributed by atoms with Crippen molar-refractivity contribution in [3.05, 3.63) is 40.7 Å². The fourth-order valence-corrected chi connectivity index (χ4v) is 3.03. The van der Waals surface area contributed by atoms with Crippen LogP contribution in [0.1, 0.15) is 36.4 Å². The zero-order chi connectivity index (χ0) is 20.0. The number of guanidine groups is 1. The van der Waals surface area contributed by atoms with Crippen molar-refractivity contribution in [1.82, 2.24) is 20.4 Å². The first-order chi connectivity index (χ1) is 12.8. The van der Waals surface area contributed by atoms with Crippen LogP contribution in [0, 0.1) is 13.8 Å². The monoisotopic (exact) mass is 501 g/mol. The molecule has 7 nitrogen and oxygen atoms in total. The molecule has 0 aliphatic heterocycles. The van der Waals surface area contributed by atoms with E-state index in [4.69, 9.17) is 4.74 Å². The number of aryl methyl sites for hydroxylation is 2. The van der Waals surface area contributed by atoms with Gasteiger partial charge in [0.15, 0.2) is 17.5 Å². The Hall–Kier alpha value is -1.97. The Bertz CT molecular complexity index is 804. The third kappa shape index (κ3) is 6.29. The first-order valence-electron chi connectivity index (χ1n) is 9.25. The zero-order valence-corrected chi connectivity index (χ0v) is 19.9. The summed E-state index contributed by atoms with van der Waals surface area (Å²) in [6, 6.07) is 5.53. The van der Waals surface area contributed by atoms with Crippen molar-refractivity contribution in [2.45, 2.75) is 46.7 Å². The van der Waals surface area contributed by atoms with Gasteiger partial charge in [0.05, 0.1) is 19.3 Å². The lowest BCUT2D eigenvalue weighted by molar-refractivity contribution is 0.373. The quantitative estimate of drug-likeness (QED) is 0.309. The standard InChI is InChI=1S/C20H31N5O2.HI/c1-7-21-20(22-12-16-8-9-19(27-6)18(26)11-16)23-13(2)10-17-14(3)24-25(5)15(17)4;/h8-9,11,13,26H,7,10,12H2,1-6H3,(H2,21,22,23);1H. The van der Waals surface area contributed by atoms with Gasteiger partial charge in [-0.15, -0.1) is 24.0 Å². The number of halogens is 1. The Balaban J connectivity index is 0.00000392. The first kappa shape index (κ1) is 24.1. The number of methoxy groups -OCH3 is 1. The molecular formula is C20H32IN5O2. The molecule has 1 heterocycles. The predicted molar refractivity (Wildman–Crippen MR) is 124 cm³/mol. The summed E-state index contributed by atoms with van der Waals surface area (Å²) in [7, 11) is 3.51. The summed E-state index contributed by atoms with van der Waals surface area (Å²) in [5.74, 6) is 1.34. The lowest BCUT2D eigenvalue weighted by Gasteiger charge is -2.18. The number of rotatable bonds is 7. The number of nitrogens with one attached hydrogen (secondary N) is 2. The van der Waals surface area contributed by atoms with Crippen molar-refractivity contribution in [3.8, 4) is 11.5 Å². The summed E-state index contributed by atoms with van der Waals surface area (Å²) in [6.45, 7) is 9.55. The summed E-state index contributed by atoms with van der Waals surface area (Å²) in [4.78, 5) is 4.63. The SMILES string of the molecule is CCNC(=NCc1ccc(OC)c(O)c1)NC(C)Cc1c(C)nn(C)c1C.I. The van der Waals surface area contributed by atoms with Gasteiger partial charge in [0.25, 0.3) is 0 Å². The minimum atomic E-state index is 0. The number of phenolic OH excluding ortho intramolecular Hbond substituents is 1. The van der Waals surface area contributed by atoms with E-state index in [9.17, 15) is 5.11 Å². The second kappa shape index (κ2) is 11.1. The van der Waals surface area contributed by atoms with Crippen LogP contribution in [0.15, 0.2) is 23.2 Å². The third-order valence-electron chi connectivity index (χ3n) is 4.56. The zero-order valence-electron chi connectivity index (χ0n) is 17.5. The Morgan fingerprint density at radius 1 is 1.36 bits per heavy atom. The predicted octanol–water partition coefficient (Wildman–Crippen LogP) is 3.06. The molecule has 0 radical (unpaired) electrons. The average Bonchev–Trinajstić information content (AvgIpc) is 2.86. The summed E-state index contributed by atoms with van der Waals surface area (Å²) in [6.07, 6.45) is 0.874. The van der Waals surface area contributed by atoms with E-state index in [2.05, 4.69) is 34.6 Å². The van der Waals surface area contributed by atoms with E-state index in [1.807, 2.05) is 31.6 Å². The van der Waals surface area contributed by atoms with Crippen LogP contribution in [0.5, 0.6) is 11.5 Å². The maximum atomic E-state index is 9.91. The second-order valence-electron chi connectivity index (χ2n) is 6.72. The number of aromatic nitrogens is 2. The number of hydrogen-bond donors (Lipinski definition) is 3. The van der Waals surface area contributed by atoms with Gasteiger partial charge < -0.3 is 20.5 Å². The van der Waals surface area contributed by atoms with Gasteiger partial charge in [-0.25, -0.2) is 4.99 Å². The summed E-state index contributed by atoms with van der Waals surface area (Å²) < 4.78 is 7.00. The van der Waals surface area contributed by atoms with E-state index < -0.39 is 0 Å². The Kier molecular flexibility index (Phi) is 9.57. The fourth-order valence-electron chi connectivity index (χ4n) is 3.03. The van der Waals surface area contributed by atoms with E-state index in [0.29, 0.717) is 12.3 Å². The molecule has 28 heavy (non-hydrogen) atoms. The number of benzene rings is 1. The topological polar surface area (TPSA) is 83.7 Å². The Labute approximate surface area is 184 Å². The molecule has 0 spiro atoms. The van der Waals surface area contributed by atoms with Gasteiger partial charge in [-0.2, -0.15) is 5.10 Å². The molecule has 0 fully saturated rings. The number of phenols is 1. The highest BCUT2D eigenvalue weighted by Gasteiger charge is 2.14. The highest BCUT2D eigenvalue weighted by molar-refractivity contribution is 14.0. The molecule has 1 aromatic carbocycles. The number of aliphatic imine (C=N–C) groups is 1. The summed E-state index contributed by atoms with van der Waals surface area (Å²) in [5, 5.41) is 21.1. The molecule has 1 aromatic heterocycles. The van der Waals surface area contributed by atoms with Gasteiger partial charge in [0, 0.05) is 25.3 Å². The molecule has 2 rings (SSSR count). The number of nitrogens with zero attached hydrogens (tertiary/aromatic N) is 3. The molecule has 156 valence electrons. The molecular weight excluding hydrogens is 469 g/mol. The first-order valence-corrected chi connectivity index (χ1v) is 9.25. The number of hydrogen-bond acceptors (Lipinski definition) is 4. The van der Waals surface area contributed by atoms with Crippen molar-refractivity contribution in [2.75, 3.05) is 13.7 Å². The van der Waals surface area contributed by atoms with Crippen molar-refractivity contribution in [3.63, 3.8) is 0 Å². The van der Waals surface area contributed by atoms with Crippen molar-refractivity contribution in [2.24, 2.45) is 12.0 Å². The molecule has 1 unspecified atom stereocenters. The van der Waals surface area contributed by atoms with Gasteiger partial charge in [-0.3, -0.25) is 4.68 Å². The van der Waals surface area contributed by atoms with Crippen LogP contribution in [0.25, 0.3) is 0 Å². The van der Waals surface area contributed by atoms with Crippen LogP contribution in [-0.4, -0.2) is 40.5 Å². The van der Waals surface area contributed by atoms with Gasteiger partial charge >= 0.3 is 0 Å². The minimum Gasteiger partial charge on any atom is -0.504 e. The van der Waals surface area contributed by atoms with E-state index >= 15 is 0 Å². The lowest BCUT2D eigenvalue weighted by atomic mass is 10.1. The molecule has 8 heteroatoms. The van der Waals surface area contributed by atoms with Crippen LogP contribution < -0.4 is 15.4 Å². The van der Waals surface area contributed by atoms with Gasteiger partial charge in [-0.1, -0.05) is 6.07 Å². The second-order valence-corrected chi connectivity index (χ2v) is 6.72. The number of aromatic hydroxyl groups is 1. The lowest BCUT2D eigenvalue weighted by Crippen LogP contribution is -2.43. The average molecular weight is 501 g/mol. The molecule has 1 atom stereocenters. The minimum absolute atomic E-state index is 0. The van der Waals surface area contributed by atoms with Crippen LogP contribution in [0.2, 0.25) is 0 Å². The van der Waals surface area contributed by atoms with Crippen LogP contribution in [0.3, 0.4) is 0 Å². The van der Waals surface area contributed by atoms with Crippen LogP contribution in [0.4, 0.5) is 0 Å². The highest BCUT2D eigenvalue weighted by atomic mass is 127. The van der Waals surface area contributed by atoms with Gasteiger partial charge in [0.1, 0.15) is 0 Å². The van der Waals surface area contributed by atoms with Gasteiger partial charge in [-0.05, 0) is 57.4 Å². The van der Waals surface area contributed by atoms with Crippen molar-refractivity contribution in [1.29, 1.82) is 0 Å². The molecule has 0 aliphatic rings. The van der Waals surface area contributed by atoms with E-state index in [1.54, 1.807) is 12.1 Å². The maximum absolute atomic E-state index is 9.91. The normalized spacial score (nSPS) is 12.3. The molecule has 3 N–H and O–H groups in total. The van der Waals surface area contributed by atoms with Crippen molar-refractivity contribution < 1.29 is 9.84 Å². The highest BCUT2D eigenvalue weighted by Crippen LogP contribution is 2.26. The summed E-state index contributed by atoms with van der Waals surface area (Å²) in [5.41, 5.74) is 4.45. The molecule has 0 saturated carbocycles. The largest absolute Gasteiger partial charge is 0.504 e. The van der Waals surface area contributed by atoms with Crippen molar-refractivity contribution >= 4 is 29.9 Å². The molecule has 0 bridgehead atoms. The third-order valence-corrected chi connectivity index (χ3v) is 4.56. The Morgan fingerprint density at radius 3 is 2.61 bits per heavy atom. The summed E-state index contributed by atoms with van der Waals surface area (Å²) >= 11 is 0. The Morgan fingerprint density at radius 2 is 2.07 bits per heavy atom. The van der Waals surface area contributed by atoms with Crippen LogP contribution in [-0.2, 0) is 20.0 Å².